The molecular weight excluding hydrogens is 301 g/mol. The lowest BCUT2D eigenvalue weighted by Gasteiger charge is -2.11. The first-order valence-electron chi connectivity index (χ1n) is 6.14. The minimum atomic E-state index is -4.50. The summed E-state index contributed by atoms with van der Waals surface area (Å²) in [7, 11) is 0. The van der Waals surface area contributed by atoms with Crippen LogP contribution in [0.4, 0.5) is 18.9 Å². The molecule has 0 aliphatic heterocycles. The lowest BCUT2D eigenvalue weighted by atomic mass is 10.1. The van der Waals surface area contributed by atoms with E-state index in [4.69, 9.17) is 5.73 Å². The fourth-order valence-electron chi connectivity index (χ4n) is 1.78. The van der Waals surface area contributed by atoms with Crippen LogP contribution in [0, 0.1) is 0 Å². The van der Waals surface area contributed by atoms with Crippen LogP contribution < -0.4 is 11.1 Å². The maximum absolute atomic E-state index is 12.6. The van der Waals surface area contributed by atoms with Crippen LogP contribution in [0.2, 0.25) is 0 Å². The molecule has 0 saturated heterocycles. The van der Waals surface area contributed by atoms with Gasteiger partial charge in [0.1, 0.15) is 0 Å². The first kappa shape index (κ1) is 15.4. The van der Waals surface area contributed by atoms with Gasteiger partial charge in [-0.2, -0.15) is 24.5 Å². The van der Waals surface area contributed by atoms with E-state index in [0.717, 1.165) is 23.8 Å². The Labute approximate surface area is 123 Å². The van der Waals surface area contributed by atoms with E-state index in [1.807, 2.05) is 16.8 Å². The summed E-state index contributed by atoms with van der Waals surface area (Å²) in [6.07, 6.45) is -3.88. The molecule has 0 fully saturated rings. The Morgan fingerprint density at radius 2 is 2.05 bits per heavy atom. The summed E-state index contributed by atoms with van der Waals surface area (Å²) in [6.45, 7) is 0.339. The van der Waals surface area contributed by atoms with Crippen molar-refractivity contribution in [3.05, 3.63) is 51.7 Å². The average molecular weight is 314 g/mol. The number of carbonyl (C=O) groups excluding carboxylic acids is 1. The number of thiophene rings is 1. The Bertz CT molecular complexity index is 624. The van der Waals surface area contributed by atoms with Crippen LogP contribution >= 0.6 is 11.3 Å². The maximum atomic E-state index is 12.6. The van der Waals surface area contributed by atoms with Crippen LogP contribution in [0.5, 0.6) is 0 Å². The van der Waals surface area contributed by atoms with Gasteiger partial charge in [0.25, 0.3) is 5.91 Å². The quantitative estimate of drug-likeness (QED) is 0.851. The minimum absolute atomic E-state index is 0.0241. The zero-order valence-corrected chi connectivity index (χ0v) is 11.7. The van der Waals surface area contributed by atoms with Gasteiger partial charge in [0, 0.05) is 12.2 Å². The fourth-order valence-corrected chi connectivity index (χ4v) is 2.48. The Hall–Kier alpha value is -2.02. The van der Waals surface area contributed by atoms with Gasteiger partial charge in [-0.1, -0.05) is 0 Å². The summed E-state index contributed by atoms with van der Waals surface area (Å²) in [5.74, 6) is -0.603. The van der Waals surface area contributed by atoms with Crippen molar-refractivity contribution in [2.45, 2.75) is 12.6 Å². The van der Waals surface area contributed by atoms with Gasteiger partial charge in [-0.15, -0.1) is 0 Å². The van der Waals surface area contributed by atoms with Crippen molar-refractivity contribution >= 4 is 22.9 Å². The molecule has 2 aromatic rings. The van der Waals surface area contributed by atoms with Crippen molar-refractivity contribution in [1.29, 1.82) is 0 Å². The highest BCUT2D eigenvalue weighted by Gasteiger charge is 2.31. The summed E-state index contributed by atoms with van der Waals surface area (Å²) >= 11 is 1.54. The van der Waals surface area contributed by atoms with Crippen LogP contribution in [0.3, 0.4) is 0 Å². The molecule has 0 radical (unpaired) electrons. The van der Waals surface area contributed by atoms with Crippen molar-refractivity contribution in [3.63, 3.8) is 0 Å². The zero-order chi connectivity index (χ0) is 15.5. The topological polar surface area (TPSA) is 55.1 Å². The normalized spacial score (nSPS) is 11.4. The van der Waals surface area contributed by atoms with Gasteiger partial charge in [-0.25, -0.2) is 0 Å². The number of nitrogen functional groups attached to an aromatic ring is 1. The van der Waals surface area contributed by atoms with Crippen LogP contribution in [-0.2, 0) is 12.6 Å². The molecule has 0 unspecified atom stereocenters. The number of hydrogen-bond acceptors (Lipinski definition) is 3. The number of rotatable bonds is 4. The number of carbonyl (C=O) groups is 1. The summed E-state index contributed by atoms with van der Waals surface area (Å²) < 4.78 is 37.9. The maximum Gasteiger partial charge on any atom is 0.416 e. The molecule has 0 atom stereocenters. The average Bonchev–Trinajstić information content (AvgIpc) is 2.91. The van der Waals surface area contributed by atoms with Crippen molar-refractivity contribution < 1.29 is 18.0 Å². The van der Waals surface area contributed by atoms with Crippen LogP contribution in [-0.4, -0.2) is 12.5 Å². The fraction of sp³-hybridized carbons (Fsp3) is 0.214. The van der Waals surface area contributed by atoms with E-state index in [-0.39, 0.29) is 11.3 Å². The SMILES string of the molecule is Nc1ccc(C(F)(F)F)cc1C(=O)NCCc1ccsc1. The summed E-state index contributed by atoms with van der Waals surface area (Å²) in [5.41, 5.74) is 5.62. The van der Waals surface area contributed by atoms with E-state index in [9.17, 15) is 18.0 Å². The predicted octanol–water partition coefficient (Wildman–Crippen LogP) is 3.32. The molecule has 0 saturated carbocycles. The van der Waals surface area contributed by atoms with Crippen LogP contribution in [0.1, 0.15) is 21.5 Å². The summed E-state index contributed by atoms with van der Waals surface area (Å²) in [5, 5.41) is 6.44. The minimum Gasteiger partial charge on any atom is -0.398 e. The molecule has 0 bridgehead atoms. The lowest BCUT2D eigenvalue weighted by Crippen LogP contribution is -2.26. The molecule has 3 N–H and O–H groups in total. The smallest absolute Gasteiger partial charge is 0.398 e. The van der Waals surface area contributed by atoms with E-state index >= 15 is 0 Å². The molecule has 1 amide bonds. The van der Waals surface area contributed by atoms with E-state index in [0.29, 0.717) is 13.0 Å². The number of amides is 1. The van der Waals surface area contributed by atoms with Crippen molar-refractivity contribution in [2.75, 3.05) is 12.3 Å². The van der Waals surface area contributed by atoms with Gasteiger partial charge >= 0.3 is 6.18 Å². The Morgan fingerprint density at radius 1 is 1.29 bits per heavy atom. The molecule has 1 heterocycles. The first-order valence-corrected chi connectivity index (χ1v) is 7.08. The zero-order valence-electron chi connectivity index (χ0n) is 10.9. The van der Waals surface area contributed by atoms with Crippen molar-refractivity contribution in [1.82, 2.24) is 5.32 Å². The van der Waals surface area contributed by atoms with Gasteiger partial charge in [0.15, 0.2) is 0 Å². The Kier molecular flexibility index (Phi) is 4.52. The Balaban J connectivity index is 2.04. The molecule has 0 aliphatic rings. The Morgan fingerprint density at radius 3 is 2.67 bits per heavy atom. The van der Waals surface area contributed by atoms with Gasteiger partial charge in [-0.3, -0.25) is 4.79 Å². The van der Waals surface area contributed by atoms with E-state index in [2.05, 4.69) is 5.32 Å². The van der Waals surface area contributed by atoms with Gasteiger partial charge in [0.05, 0.1) is 11.1 Å². The third kappa shape index (κ3) is 3.98. The number of anilines is 1. The molecular formula is C14H13F3N2OS. The highest BCUT2D eigenvalue weighted by atomic mass is 32.1. The largest absolute Gasteiger partial charge is 0.416 e. The number of benzene rings is 1. The second-order valence-corrected chi connectivity index (χ2v) is 5.22. The molecule has 0 spiro atoms. The van der Waals surface area contributed by atoms with E-state index in [1.54, 1.807) is 11.3 Å². The molecule has 1 aromatic carbocycles. The number of nitrogens with two attached hydrogens (primary N) is 1. The lowest BCUT2D eigenvalue weighted by molar-refractivity contribution is -0.137. The summed E-state index contributed by atoms with van der Waals surface area (Å²) in [6, 6.07) is 4.65. The third-order valence-corrected chi connectivity index (χ3v) is 3.64. The highest BCUT2D eigenvalue weighted by Crippen LogP contribution is 2.31. The molecule has 112 valence electrons. The number of hydrogen-bond donors (Lipinski definition) is 2. The predicted molar refractivity (Wildman–Crippen MR) is 76.2 cm³/mol. The van der Waals surface area contributed by atoms with Crippen molar-refractivity contribution in [3.8, 4) is 0 Å². The van der Waals surface area contributed by atoms with E-state index < -0.39 is 17.6 Å². The summed E-state index contributed by atoms with van der Waals surface area (Å²) in [4.78, 5) is 11.9. The molecule has 7 heteroatoms. The molecule has 1 aromatic heterocycles. The number of halogens is 3. The van der Waals surface area contributed by atoms with Crippen LogP contribution in [0.15, 0.2) is 35.0 Å². The molecule has 2 rings (SSSR count). The highest BCUT2D eigenvalue weighted by molar-refractivity contribution is 7.07. The molecule has 21 heavy (non-hydrogen) atoms. The van der Waals surface area contributed by atoms with Gasteiger partial charge < -0.3 is 11.1 Å². The number of alkyl halides is 3. The van der Waals surface area contributed by atoms with E-state index in [1.165, 1.54) is 0 Å². The standard InChI is InChI=1S/C14H13F3N2OS/c15-14(16,17)10-1-2-12(18)11(7-10)13(20)19-5-3-9-4-6-21-8-9/h1-2,4,6-8H,3,5,18H2,(H,19,20). The molecule has 0 aliphatic carbocycles. The van der Waals surface area contributed by atoms with Crippen LogP contribution in [0.25, 0.3) is 0 Å². The van der Waals surface area contributed by atoms with Gasteiger partial charge in [0.2, 0.25) is 0 Å². The second-order valence-electron chi connectivity index (χ2n) is 4.44. The van der Waals surface area contributed by atoms with Crippen molar-refractivity contribution in [2.24, 2.45) is 0 Å². The first-order chi connectivity index (χ1) is 9.88. The number of nitrogens with one attached hydrogen (secondary N) is 1. The molecule has 3 nitrogen and oxygen atoms in total. The third-order valence-electron chi connectivity index (χ3n) is 2.90. The second kappa shape index (κ2) is 6.17. The van der Waals surface area contributed by atoms with Gasteiger partial charge in [-0.05, 0) is 47.0 Å². The monoisotopic (exact) mass is 314 g/mol.